The van der Waals surface area contributed by atoms with Crippen molar-refractivity contribution >= 4 is 23.4 Å². The van der Waals surface area contributed by atoms with Crippen LogP contribution in [0.1, 0.15) is 5.56 Å². The number of nitrogens with one attached hydrogen (secondary N) is 1. The molecule has 0 saturated carbocycles. The molecule has 3 nitrogen and oxygen atoms in total. The molecule has 0 fully saturated rings. The van der Waals surface area contributed by atoms with Gasteiger partial charge in [-0.1, -0.05) is 12.1 Å². The number of nitrogen functional groups attached to an aromatic ring is 1. The van der Waals surface area contributed by atoms with E-state index in [1.807, 2.05) is 0 Å². The summed E-state index contributed by atoms with van der Waals surface area (Å²) in [6.45, 7) is 0. The minimum atomic E-state index is -0.302. The standard InChI is InChI=1S/C15H13FN2O/c16-12-4-1-11(2-5-12)3-10-15(19)18-14-8-6-13(17)7-9-14/h1-10H,17H2,(H,18,19). The van der Waals surface area contributed by atoms with E-state index in [2.05, 4.69) is 5.32 Å². The Morgan fingerprint density at radius 2 is 1.68 bits per heavy atom. The highest BCUT2D eigenvalue weighted by Crippen LogP contribution is 2.10. The zero-order valence-corrected chi connectivity index (χ0v) is 10.1. The maximum absolute atomic E-state index is 12.7. The average Bonchev–Trinajstić information content (AvgIpc) is 2.41. The van der Waals surface area contributed by atoms with Crippen molar-refractivity contribution < 1.29 is 9.18 Å². The second kappa shape index (κ2) is 5.82. The summed E-state index contributed by atoms with van der Waals surface area (Å²) in [6.07, 6.45) is 3.01. The van der Waals surface area contributed by atoms with E-state index < -0.39 is 0 Å². The van der Waals surface area contributed by atoms with Gasteiger partial charge in [-0.05, 0) is 48.0 Å². The van der Waals surface area contributed by atoms with E-state index in [0.29, 0.717) is 11.4 Å². The van der Waals surface area contributed by atoms with Gasteiger partial charge in [0.25, 0.3) is 0 Å². The lowest BCUT2D eigenvalue weighted by atomic mass is 10.2. The summed E-state index contributed by atoms with van der Waals surface area (Å²) in [7, 11) is 0. The van der Waals surface area contributed by atoms with Crippen molar-refractivity contribution in [3.05, 3.63) is 66.0 Å². The molecule has 1 amide bonds. The SMILES string of the molecule is Nc1ccc(NC(=O)C=Cc2ccc(F)cc2)cc1. The average molecular weight is 256 g/mol. The van der Waals surface area contributed by atoms with Crippen LogP contribution in [-0.4, -0.2) is 5.91 Å². The molecule has 2 aromatic carbocycles. The second-order valence-corrected chi connectivity index (χ2v) is 4.00. The molecule has 0 unspecified atom stereocenters. The van der Waals surface area contributed by atoms with Crippen LogP contribution in [0.25, 0.3) is 6.08 Å². The summed E-state index contributed by atoms with van der Waals surface area (Å²) < 4.78 is 12.7. The molecule has 0 aliphatic rings. The van der Waals surface area contributed by atoms with Gasteiger partial charge >= 0.3 is 0 Å². The Morgan fingerprint density at radius 3 is 2.32 bits per heavy atom. The first kappa shape index (κ1) is 12.8. The Bertz CT molecular complexity index is 589. The maximum atomic E-state index is 12.7. The van der Waals surface area contributed by atoms with Gasteiger partial charge in [-0.25, -0.2) is 4.39 Å². The number of halogens is 1. The quantitative estimate of drug-likeness (QED) is 0.655. The van der Waals surface area contributed by atoms with Gasteiger partial charge in [0.05, 0.1) is 0 Å². The molecular formula is C15H13FN2O. The molecule has 0 aliphatic heterocycles. The predicted molar refractivity (Wildman–Crippen MR) is 74.9 cm³/mol. The lowest BCUT2D eigenvalue weighted by Gasteiger charge is -2.02. The molecule has 0 atom stereocenters. The summed E-state index contributed by atoms with van der Waals surface area (Å²) in [4.78, 5) is 11.6. The second-order valence-electron chi connectivity index (χ2n) is 4.00. The fourth-order valence-corrected chi connectivity index (χ4v) is 1.50. The molecule has 0 bridgehead atoms. The van der Waals surface area contributed by atoms with Crippen LogP contribution < -0.4 is 11.1 Å². The number of carbonyl (C=O) groups is 1. The molecule has 3 N–H and O–H groups in total. The van der Waals surface area contributed by atoms with Crippen molar-refractivity contribution in [2.45, 2.75) is 0 Å². The summed E-state index contributed by atoms with van der Waals surface area (Å²) in [6, 6.07) is 12.7. The summed E-state index contributed by atoms with van der Waals surface area (Å²) in [5.74, 6) is -0.558. The molecule has 0 radical (unpaired) electrons. The van der Waals surface area contributed by atoms with Crippen molar-refractivity contribution in [3.63, 3.8) is 0 Å². The fourth-order valence-electron chi connectivity index (χ4n) is 1.50. The fraction of sp³-hybridized carbons (Fsp3) is 0. The molecule has 0 spiro atoms. The molecule has 0 heterocycles. The summed E-state index contributed by atoms with van der Waals surface area (Å²) in [5, 5.41) is 2.70. The van der Waals surface area contributed by atoms with Crippen molar-refractivity contribution in [3.8, 4) is 0 Å². The maximum Gasteiger partial charge on any atom is 0.248 e. The normalized spacial score (nSPS) is 10.6. The minimum absolute atomic E-state index is 0.255. The molecule has 0 aromatic heterocycles. The van der Waals surface area contributed by atoms with E-state index in [0.717, 1.165) is 5.56 Å². The zero-order chi connectivity index (χ0) is 13.7. The highest BCUT2D eigenvalue weighted by molar-refractivity contribution is 6.01. The number of anilines is 2. The Morgan fingerprint density at radius 1 is 1.05 bits per heavy atom. The van der Waals surface area contributed by atoms with Gasteiger partial charge in [0.15, 0.2) is 0 Å². The van der Waals surface area contributed by atoms with Gasteiger partial charge in [0, 0.05) is 17.5 Å². The third-order valence-corrected chi connectivity index (χ3v) is 2.48. The monoisotopic (exact) mass is 256 g/mol. The number of hydrogen-bond donors (Lipinski definition) is 2. The lowest BCUT2D eigenvalue weighted by molar-refractivity contribution is -0.111. The third kappa shape index (κ3) is 3.96. The molecule has 4 heteroatoms. The molecule has 96 valence electrons. The van der Waals surface area contributed by atoms with E-state index in [9.17, 15) is 9.18 Å². The van der Waals surface area contributed by atoms with Gasteiger partial charge in [0.1, 0.15) is 5.82 Å². The van der Waals surface area contributed by atoms with E-state index in [1.165, 1.54) is 18.2 Å². The molecular weight excluding hydrogens is 243 g/mol. The summed E-state index contributed by atoms with van der Waals surface area (Å²) in [5.41, 5.74) is 7.61. The first-order valence-corrected chi connectivity index (χ1v) is 5.74. The van der Waals surface area contributed by atoms with Crippen LogP contribution in [0, 0.1) is 5.82 Å². The Hall–Kier alpha value is -2.62. The topological polar surface area (TPSA) is 55.1 Å². The van der Waals surface area contributed by atoms with Crippen LogP contribution in [0.15, 0.2) is 54.6 Å². The number of benzene rings is 2. The third-order valence-electron chi connectivity index (χ3n) is 2.48. The Balaban J connectivity index is 1.97. The molecule has 19 heavy (non-hydrogen) atoms. The molecule has 0 aliphatic carbocycles. The highest BCUT2D eigenvalue weighted by Gasteiger charge is 1.97. The smallest absolute Gasteiger partial charge is 0.248 e. The number of carbonyl (C=O) groups excluding carboxylic acids is 1. The molecule has 0 saturated heterocycles. The van der Waals surface area contributed by atoms with Gasteiger partial charge in [0.2, 0.25) is 5.91 Å². The van der Waals surface area contributed by atoms with Crippen molar-refractivity contribution in [1.82, 2.24) is 0 Å². The highest BCUT2D eigenvalue weighted by atomic mass is 19.1. The minimum Gasteiger partial charge on any atom is -0.399 e. The van der Waals surface area contributed by atoms with Crippen LogP contribution in [0.3, 0.4) is 0 Å². The van der Waals surface area contributed by atoms with Crippen molar-refractivity contribution in [2.75, 3.05) is 11.1 Å². The number of rotatable bonds is 3. The summed E-state index contributed by atoms with van der Waals surface area (Å²) >= 11 is 0. The number of hydrogen-bond acceptors (Lipinski definition) is 2. The van der Waals surface area contributed by atoms with Crippen LogP contribution in [0.4, 0.5) is 15.8 Å². The molecule has 2 rings (SSSR count). The van der Waals surface area contributed by atoms with Crippen molar-refractivity contribution in [1.29, 1.82) is 0 Å². The van der Waals surface area contributed by atoms with E-state index in [-0.39, 0.29) is 11.7 Å². The predicted octanol–water partition coefficient (Wildman–Crippen LogP) is 3.06. The van der Waals surface area contributed by atoms with Gasteiger partial charge < -0.3 is 11.1 Å². The van der Waals surface area contributed by atoms with Gasteiger partial charge in [-0.15, -0.1) is 0 Å². The zero-order valence-electron chi connectivity index (χ0n) is 10.1. The van der Waals surface area contributed by atoms with Crippen LogP contribution >= 0.6 is 0 Å². The van der Waals surface area contributed by atoms with Crippen LogP contribution in [0.2, 0.25) is 0 Å². The number of nitrogens with two attached hydrogens (primary N) is 1. The number of amides is 1. The first-order chi connectivity index (χ1) is 9.13. The molecule has 2 aromatic rings. The lowest BCUT2D eigenvalue weighted by Crippen LogP contribution is -2.07. The van der Waals surface area contributed by atoms with Crippen LogP contribution in [-0.2, 0) is 4.79 Å². The van der Waals surface area contributed by atoms with Crippen LogP contribution in [0.5, 0.6) is 0 Å². The van der Waals surface area contributed by atoms with Gasteiger partial charge in [-0.2, -0.15) is 0 Å². The van der Waals surface area contributed by atoms with Crippen molar-refractivity contribution in [2.24, 2.45) is 0 Å². The van der Waals surface area contributed by atoms with E-state index in [1.54, 1.807) is 42.5 Å². The van der Waals surface area contributed by atoms with E-state index in [4.69, 9.17) is 5.73 Å². The van der Waals surface area contributed by atoms with E-state index >= 15 is 0 Å². The Kier molecular flexibility index (Phi) is 3.93. The largest absolute Gasteiger partial charge is 0.399 e. The van der Waals surface area contributed by atoms with Gasteiger partial charge in [-0.3, -0.25) is 4.79 Å². The Labute approximate surface area is 110 Å². The first-order valence-electron chi connectivity index (χ1n) is 5.74.